The largest absolute Gasteiger partial charge is 0.393 e. The predicted octanol–water partition coefficient (Wildman–Crippen LogP) is 1.09. The van der Waals surface area contributed by atoms with E-state index in [2.05, 4.69) is 0 Å². The Labute approximate surface area is 213 Å². The van der Waals surface area contributed by atoms with Gasteiger partial charge in [-0.15, -0.1) is 0 Å². The van der Waals surface area contributed by atoms with Crippen LogP contribution in [0.5, 0.6) is 0 Å². The molecule has 204 valence electrons. The molecule has 8 nitrogen and oxygen atoms in total. The van der Waals surface area contributed by atoms with Crippen LogP contribution in [0.15, 0.2) is 11.6 Å². The Kier molecular flexibility index (Phi) is 5.99. The molecule has 5 rings (SSSR count). The van der Waals surface area contributed by atoms with Crippen LogP contribution in [0.4, 0.5) is 0 Å². The van der Waals surface area contributed by atoms with Crippen LogP contribution in [0.2, 0.25) is 0 Å². The molecule has 4 fully saturated rings. The Bertz CT molecular complexity index is 965. The van der Waals surface area contributed by atoms with E-state index in [0.717, 1.165) is 0 Å². The summed E-state index contributed by atoms with van der Waals surface area (Å²) in [4.78, 5) is 13.4. The summed E-state index contributed by atoms with van der Waals surface area (Å²) in [5.41, 5.74) is -4.47. The molecule has 6 N–H and O–H groups in total. The van der Waals surface area contributed by atoms with Gasteiger partial charge in [-0.25, -0.2) is 0 Å². The van der Waals surface area contributed by atoms with Gasteiger partial charge in [0.25, 0.3) is 0 Å². The lowest BCUT2D eigenvalue weighted by atomic mass is 9.45. The van der Waals surface area contributed by atoms with Crippen molar-refractivity contribution < 1.29 is 40.2 Å². The molecule has 12 unspecified atom stereocenters. The average Bonchev–Trinajstić information content (AvgIpc) is 3.21. The first kappa shape index (κ1) is 26.7. The van der Waals surface area contributed by atoms with Crippen molar-refractivity contribution in [3.8, 4) is 0 Å². The van der Waals surface area contributed by atoms with E-state index in [1.165, 1.54) is 6.08 Å². The lowest BCUT2D eigenvalue weighted by Gasteiger charge is -2.62. The Morgan fingerprint density at radius 2 is 1.69 bits per heavy atom. The van der Waals surface area contributed by atoms with Crippen molar-refractivity contribution >= 4 is 5.78 Å². The maximum Gasteiger partial charge on any atom is 0.159 e. The van der Waals surface area contributed by atoms with E-state index in [4.69, 9.17) is 4.74 Å². The van der Waals surface area contributed by atoms with Crippen molar-refractivity contribution in [2.24, 2.45) is 34.5 Å². The van der Waals surface area contributed by atoms with Gasteiger partial charge in [0, 0.05) is 23.7 Å². The molecule has 0 amide bonds. The summed E-state index contributed by atoms with van der Waals surface area (Å²) >= 11 is 0. The molecule has 12 atom stereocenters. The molecular weight excluding hydrogens is 464 g/mol. The van der Waals surface area contributed by atoms with Crippen LogP contribution in [0.3, 0.4) is 0 Å². The third-order valence-electron chi connectivity index (χ3n) is 11.7. The molecule has 1 aliphatic heterocycles. The topological polar surface area (TPSA) is 148 Å². The van der Waals surface area contributed by atoms with E-state index in [1.54, 1.807) is 0 Å². The highest BCUT2D eigenvalue weighted by molar-refractivity contribution is 5.95. The van der Waals surface area contributed by atoms with Gasteiger partial charge in [0.05, 0.1) is 47.8 Å². The van der Waals surface area contributed by atoms with Gasteiger partial charge in [-0.1, -0.05) is 27.7 Å². The van der Waals surface area contributed by atoms with E-state index < -0.39 is 63.9 Å². The van der Waals surface area contributed by atoms with Crippen molar-refractivity contribution in [2.75, 3.05) is 6.61 Å². The van der Waals surface area contributed by atoms with E-state index in [1.807, 2.05) is 34.6 Å². The zero-order chi connectivity index (χ0) is 26.6. The third-order valence-corrected chi connectivity index (χ3v) is 11.7. The number of allylic oxidation sites excluding steroid dienone is 1. The minimum absolute atomic E-state index is 0.0305. The standard InChI is InChI=1S/C28H44O8/c1-14(2)27(13-29)12-22(34)26(5,36-27)21-6-7-28(35)16-9-17(30)15-8-18(31)19(32)10-24(15,3)23(16)20(33)11-25(21,28)4/h9,14-15,18-23,29,31-35H,6-8,10-13H2,1-5H3. The molecule has 3 saturated carbocycles. The summed E-state index contributed by atoms with van der Waals surface area (Å²) in [6.07, 6.45) is -0.455. The number of rotatable bonds is 3. The first-order valence-corrected chi connectivity index (χ1v) is 13.6. The molecule has 5 aliphatic rings. The number of ketones is 1. The van der Waals surface area contributed by atoms with Crippen LogP contribution in [-0.4, -0.2) is 84.2 Å². The molecule has 8 heteroatoms. The zero-order valence-corrected chi connectivity index (χ0v) is 22.1. The van der Waals surface area contributed by atoms with E-state index in [9.17, 15) is 35.4 Å². The molecule has 0 bridgehead atoms. The van der Waals surface area contributed by atoms with Gasteiger partial charge >= 0.3 is 0 Å². The second-order valence-corrected chi connectivity index (χ2v) is 13.6. The second-order valence-electron chi connectivity index (χ2n) is 13.6. The number of hydrogen-bond donors (Lipinski definition) is 6. The average molecular weight is 509 g/mol. The second kappa shape index (κ2) is 8.07. The minimum Gasteiger partial charge on any atom is -0.393 e. The zero-order valence-electron chi connectivity index (χ0n) is 22.1. The number of carbonyl (C=O) groups excluding carboxylic acids is 1. The van der Waals surface area contributed by atoms with Crippen LogP contribution in [0.1, 0.15) is 73.1 Å². The Balaban J connectivity index is 1.57. The SMILES string of the molecule is CC(C)C1(CO)CC(O)C(C)(C2CCC3(O)C4=CC(=O)C5CC(O)C(O)CC5(C)C4C(O)CC23C)O1. The fourth-order valence-electron chi connectivity index (χ4n) is 9.42. The number of carbonyl (C=O) groups is 1. The van der Waals surface area contributed by atoms with Gasteiger partial charge in [0.2, 0.25) is 0 Å². The highest BCUT2D eigenvalue weighted by Crippen LogP contribution is 2.70. The first-order valence-electron chi connectivity index (χ1n) is 13.6. The fourth-order valence-corrected chi connectivity index (χ4v) is 9.42. The predicted molar refractivity (Wildman–Crippen MR) is 131 cm³/mol. The summed E-state index contributed by atoms with van der Waals surface area (Å²) < 4.78 is 6.59. The number of fused-ring (bicyclic) bond motifs is 5. The Hall–Kier alpha value is -0.870. The highest BCUT2D eigenvalue weighted by Gasteiger charge is 2.73. The van der Waals surface area contributed by atoms with E-state index in [-0.39, 0.29) is 49.9 Å². The monoisotopic (exact) mass is 508 g/mol. The van der Waals surface area contributed by atoms with Gasteiger partial charge in [-0.2, -0.15) is 0 Å². The fraction of sp³-hybridized carbons (Fsp3) is 0.893. The summed E-state index contributed by atoms with van der Waals surface area (Å²) in [7, 11) is 0. The number of aliphatic hydroxyl groups is 6. The summed E-state index contributed by atoms with van der Waals surface area (Å²) in [5.74, 6) is -1.58. The van der Waals surface area contributed by atoms with Gasteiger partial charge in [-0.3, -0.25) is 4.79 Å². The smallest absolute Gasteiger partial charge is 0.159 e. The molecule has 0 spiro atoms. The van der Waals surface area contributed by atoms with Gasteiger partial charge < -0.3 is 35.4 Å². The van der Waals surface area contributed by atoms with Crippen molar-refractivity contribution in [1.29, 1.82) is 0 Å². The minimum atomic E-state index is -1.39. The number of aliphatic hydroxyl groups excluding tert-OH is 5. The van der Waals surface area contributed by atoms with Gasteiger partial charge in [0.15, 0.2) is 5.78 Å². The molecule has 36 heavy (non-hydrogen) atoms. The summed E-state index contributed by atoms with van der Waals surface area (Å²) in [6, 6.07) is 0. The van der Waals surface area contributed by atoms with Crippen molar-refractivity contribution in [2.45, 2.75) is 114 Å². The van der Waals surface area contributed by atoms with Crippen LogP contribution in [-0.2, 0) is 9.53 Å². The van der Waals surface area contributed by atoms with E-state index >= 15 is 0 Å². The van der Waals surface area contributed by atoms with Crippen molar-refractivity contribution in [3.05, 3.63) is 11.6 Å². The quantitative estimate of drug-likeness (QED) is 0.332. The number of hydrogen-bond acceptors (Lipinski definition) is 8. The van der Waals surface area contributed by atoms with E-state index in [0.29, 0.717) is 18.4 Å². The molecule has 0 aromatic heterocycles. The van der Waals surface area contributed by atoms with Crippen LogP contribution in [0, 0.1) is 34.5 Å². The summed E-state index contributed by atoms with van der Waals surface area (Å²) in [6.45, 7) is 9.38. The lowest BCUT2D eigenvalue weighted by Crippen LogP contribution is -2.66. The third kappa shape index (κ3) is 3.15. The molecular formula is C28H44O8. The molecule has 0 aromatic rings. The molecule has 1 heterocycles. The molecule has 0 aromatic carbocycles. The summed E-state index contributed by atoms with van der Waals surface area (Å²) in [5, 5.41) is 66.4. The Morgan fingerprint density at radius 1 is 1.03 bits per heavy atom. The van der Waals surface area contributed by atoms with Crippen LogP contribution in [0.25, 0.3) is 0 Å². The van der Waals surface area contributed by atoms with Crippen LogP contribution < -0.4 is 0 Å². The lowest BCUT2D eigenvalue weighted by molar-refractivity contribution is -0.216. The van der Waals surface area contributed by atoms with Crippen LogP contribution >= 0.6 is 0 Å². The normalized spacial score (nSPS) is 56.8. The Morgan fingerprint density at radius 3 is 2.28 bits per heavy atom. The van der Waals surface area contributed by atoms with Gasteiger partial charge in [0.1, 0.15) is 0 Å². The maximum atomic E-state index is 13.4. The highest BCUT2D eigenvalue weighted by atomic mass is 16.6. The molecule has 1 saturated heterocycles. The maximum absolute atomic E-state index is 13.4. The first-order chi connectivity index (χ1) is 16.6. The molecule has 0 radical (unpaired) electrons. The van der Waals surface area contributed by atoms with Crippen molar-refractivity contribution in [1.82, 2.24) is 0 Å². The number of ether oxygens (including phenoxy) is 1. The van der Waals surface area contributed by atoms with Gasteiger partial charge in [-0.05, 0) is 67.9 Å². The molecule has 4 aliphatic carbocycles. The van der Waals surface area contributed by atoms with Crippen molar-refractivity contribution in [3.63, 3.8) is 0 Å².